The number of carbonyl (C=O) groups is 1. The van der Waals surface area contributed by atoms with Gasteiger partial charge in [0.1, 0.15) is 12.1 Å². The van der Waals surface area contributed by atoms with Crippen molar-refractivity contribution >= 4 is 6.29 Å². The highest BCUT2D eigenvalue weighted by molar-refractivity contribution is 5.60. The molecule has 0 saturated carbocycles. The standard InChI is InChI=1S/C9H10FN3O/c10-7-3-1-6(2-4-7)9-8(5-14)11-13-12-9/h1-5,8-9,11-13H. The summed E-state index contributed by atoms with van der Waals surface area (Å²) in [7, 11) is 0. The summed E-state index contributed by atoms with van der Waals surface area (Å²) in [6, 6.07) is 5.55. The van der Waals surface area contributed by atoms with E-state index in [0.29, 0.717) is 0 Å². The number of nitrogens with one attached hydrogen (secondary N) is 3. The van der Waals surface area contributed by atoms with Crippen LogP contribution < -0.4 is 16.4 Å². The van der Waals surface area contributed by atoms with Crippen LogP contribution in [0.25, 0.3) is 0 Å². The fourth-order valence-electron chi connectivity index (χ4n) is 1.45. The van der Waals surface area contributed by atoms with E-state index in [0.717, 1.165) is 11.8 Å². The van der Waals surface area contributed by atoms with Crippen LogP contribution in [0.3, 0.4) is 0 Å². The van der Waals surface area contributed by atoms with Crippen molar-refractivity contribution in [3.8, 4) is 0 Å². The quantitative estimate of drug-likeness (QED) is 0.583. The van der Waals surface area contributed by atoms with Gasteiger partial charge in [0.15, 0.2) is 0 Å². The Morgan fingerprint density at radius 2 is 1.93 bits per heavy atom. The molecule has 3 N–H and O–H groups in total. The van der Waals surface area contributed by atoms with Crippen LogP contribution in [0.4, 0.5) is 4.39 Å². The number of hydrogen-bond donors (Lipinski definition) is 3. The van der Waals surface area contributed by atoms with Crippen molar-refractivity contribution in [2.24, 2.45) is 0 Å². The van der Waals surface area contributed by atoms with Gasteiger partial charge in [-0.15, -0.1) is 0 Å². The van der Waals surface area contributed by atoms with E-state index in [2.05, 4.69) is 16.4 Å². The maximum Gasteiger partial charge on any atom is 0.140 e. The van der Waals surface area contributed by atoms with Crippen LogP contribution >= 0.6 is 0 Å². The highest BCUT2D eigenvalue weighted by atomic mass is 19.1. The molecule has 5 heteroatoms. The molecule has 2 unspecified atom stereocenters. The Labute approximate surface area is 80.4 Å². The monoisotopic (exact) mass is 195 g/mol. The van der Waals surface area contributed by atoms with Crippen molar-refractivity contribution in [2.75, 3.05) is 0 Å². The lowest BCUT2D eigenvalue weighted by molar-refractivity contribution is -0.109. The zero-order chi connectivity index (χ0) is 9.97. The van der Waals surface area contributed by atoms with Gasteiger partial charge in [-0.3, -0.25) is 0 Å². The first-order chi connectivity index (χ1) is 6.81. The maximum absolute atomic E-state index is 12.6. The van der Waals surface area contributed by atoms with Gasteiger partial charge in [-0.2, -0.15) is 5.53 Å². The van der Waals surface area contributed by atoms with Crippen molar-refractivity contribution in [1.29, 1.82) is 0 Å². The molecular formula is C9H10FN3O. The lowest BCUT2D eigenvalue weighted by Gasteiger charge is -2.12. The zero-order valence-electron chi connectivity index (χ0n) is 7.33. The summed E-state index contributed by atoms with van der Waals surface area (Å²) in [6.45, 7) is 0. The summed E-state index contributed by atoms with van der Waals surface area (Å²) in [6.07, 6.45) is 0.807. The molecule has 0 aromatic heterocycles. The van der Waals surface area contributed by atoms with E-state index >= 15 is 0 Å². The predicted molar refractivity (Wildman–Crippen MR) is 48.4 cm³/mol. The van der Waals surface area contributed by atoms with Gasteiger partial charge in [-0.25, -0.2) is 15.2 Å². The van der Waals surface area contributed by atoms with Crippen LogP contribution in [0.1, 0.15) is 11.6 Å². The van der Waals surface area contributed by atoms with E-state index in [4.69, 9.17) is 0 Å². The molecule has 1 aliphatic heterocycles. The van der Waals surface area contributed by atoms with Gasteiger partial charge in [0.2, 0.25) is 0 Å². The van der Waals surface area contributed by atoms with Gasteiger partial charge in [-0.05, 0) is 17.7 Å². The molecule has 1 fully saturated rings. The number of halogens is 1. The topological polar surface area (TPSA) is 53.2 Å². The minimum atomic E-state index is -0.333. The molecule has 1 saturated heterocycles. The number of hydrogen-bond acceptors (Lipinski definition) is 4. The fourth-order valence-corrected chi connectivity index (χ4v) is 1.45. The number of carbonyl (C=O) groups excluding carboxylic acids is 1. The Morgan fingerprint density at radius 1 is 1.21 bits per heavy atom. The molecule has 0 spiro atoms. The van der Waals surface area contributed by atoms with Crippen LogP contribution in [0, 0.1) is 5.82 Å². The second kappa shape index (κ2) is 3.83. The minimum Gasteiger partial charge on any atom is -0.301 e. The molecule has 1 heterocycles. The van der Waals surface area contributed by atoms with Crippen LogP contribution in [0.5, 0.6) is 0 Å². The van der Waals surface area contributed by atoms with Gasteiger partial charge < -0.3 is 4.79 Å². The number of rotatable bonds is 2. The molecule has 0 bridgehead atoms. The van der Waals surface area contributed by atoms with Crippen molar-refractivity contribution in [1.82, 2.24) is 16.4 Å². The third-order valence-corrected chi connectivity index (χ3v) is 2.20. The van der Waals surface area contributed by atoms with Crippen LogP contribution in [-0.4, -0.2) is 12.3 Å². The number of hydrazine groups is 2. The molecule has 2 rings (SSSR count). The van der Waals surface area contributed by atoms with E-state index in [1.54, 1.807) is 12.1 Å². The predicted octanol–water partition coefficient (Wildman–Crippen LogP) is 0.0467. The second-order valence-electron chi connectivity index (χ2n) is 3.10. The maximum atomic E-state index is 12.6. The molecule has 2 atom stereocenters. The molecule has 1 aromatic rings. The SMILES string of the molecule is O=CC1NNNC1c1ccc(F)cc1. The van der Waals surface area contributed by atoms with E-state index < -0.39 is 0 Å². The summed E-state index contributed by atoms with van der Waals surface area (Å²) in [4.78, 5) is 10.6. The molecule has 0 aliphatic carbocycles. The number of benzene rings is 1. The molecular weight excluding hydrogens is 185 g/mol. The third kappa shape index (κ3) is 1.65. The fraction of sp³-hybridized carbons (Fsp3) is 0.222. The van der Waals surface area contributed by atoms with Gasteiger partial charge in [0.25, 0.3) is 0 Å². The Balaban J connectivity index is 2.21. The zero-order valence-corrected chi connectivity index (χ0v) is 7.33. The Morgan fingerprint density at radius 3 is 2.57 bits per heavy atom. The van der Waals surface area contributed by atoms with Gasteiger partial charge >= 0.3 is 0 Å². The molecule has 1 aromatic carbocycles. The molecule has 0 radical (unpaired) electrons. The van der Waals surface area contributed by atoms with Crippen LogP contribution in [-0.2, 0) is 4.79 Å². The Kier molecular flexibility index (Phi) is 2.53. The van der Waals surface area contributed by atoms with Crippen molar-refractivity contribution in [3.63, 3.8) is 0 Å². The van der Waals surface area contributed by atoms with Gasteiger partial charge in [-0.1, -0.05) is 12.1 Å². The van der Waals surface area contributed by atoms with Crippen molar-refractivity contribution in [3.05, 3.63) is 35.6 Å². The van der Waals surface area contributed by atoms with Gasteiger partial charge in [0.05, 0.1) is 12.1 Å². The number of aldehydes is 1. The molecule has 4 nitrogen and oxygen atoms in total. The summed E-state index contributed by atoms with van der Waals surface area (Å²) >= 11 is 0. The summed E-state index contributed by atoms with van der Waals surface area (Å²) in [5, 5.41) is 0. The average molecular weight is 195 g/mol. The van der Waals surface area contributed by atoms with Crippen LogP contribution in [0.2, 0.25) is 0 Å². The summed E-state index contributed by atoms with van der Waals surface area (Å²) < 4.78 is 12.6. The minimum absolute atomic E-state index is 0.159. The highest BCUT2D eigenvalue weighted by Gasteiger charge is 2.27. The summed E-state index contributed by atoms with van der Waals surface area (Å²) in [5.74, 6) is -0.282. The molecule has 0 amide bonds. The largest absolute Gasteiger partial charge is 0.301 e. The second-order valence-corrected chi connectivity index (χ2v) is 3.10. The van der Waals surface area contributed by atoms with Crippen molar-refractivity contribution in [2.45, 2.75) is 12.1 Å². The Bertz CT molecular complexity index is 327. The van der Waals surface area contributed by atoms with E-state index in [1.165, 1.54) is 12.1 Å². The molecule has 14 heavy (non-hydrogen) atoms. The third-order valence-electron chi connectivity index (χ3n) is 2.20. The van der Waals surface area contributed by atoms with Crippen LogP contribution in [0.15, 0.2) is 24.3 Å². The normalized spacial score (nSPS) is 26.4. The lowest BCUT2D eigenvalue weighted by Crippen LogP contribution is -2.33. The smallest absolute Gasteiger partial charge is 0.140 e. The van der Waals surface area contributed by atoms with E-state index in [-0.39, 0.29) is 17.9 Å². The van der Waals surface area contributed by atoms with E-state index in [1.807, 2.05) is 0 Å². The first-order valence-corrected chi connectivity index (χ1v) is 4.28. The van der Waals surface area contributed by atoms with Gasteiger partial charge in [0, 0.05) is 0 Å². The highest BCUT2D eigenvalue weighted by Crippen LogP contribution is 2.17. The first-order valence-electron chi connectivity index (χ1n) is 4.28. The first kappa shape index (κ1) is 9.26. The average Bonchev–Trinajstić information content (AvgIpc) is 2.67. The van der Waals surface area contributed by atoms with Crippen molar-refractivity contribution < 1.29 is 9.18 Å². The van der Waals surface area contributed by atoms with E-state index in [9.17, 15) is 9.18 Å². The summed E-state index contributed by atoms with van der Waals surface area (Å²) in [5.41, 5.74) is 9.15. The molecule has 74 valence electrons. The Hall–Kier alpha value is -1.30. The lowest BCUT2D eigenvalue weighted by atomic mass is 10.0. The molecule has 1 aliphatic rings.